The van der Waals surface area contributed by atoms with Gasteiger partial charge in [0, 0.05) is 20.0 Å². The lowest BCUT2D eigenvalue weighted by molar-refractivity contribution is -0.183. The molecule has 0 radical (unpaired) electrons. The van der Waals surface area contributed by atoms with Crippen molar-refractivity contribution < 1.29 is 46.7 Å². The Kier molecular flexibility index (Phi) is 15.2. The summed E-state index contributed by atoms with van der Waals surface area (Å²) in [5.41, 5.74) is 0. The minimum Gasteiger partial charge on any atom is -0.455 e. The maximum atomic E-state index is 13.0. The van der Waals surface area contributed by atoms with E-state index in [9.17, 15) is 14.2 Å². The van der Waals surface area contributed by atoms with Crippen molar-refractivity contribution >= 4 is 19.8 Å². The Labute approximate surface area is 202 Å². The van der Waals surface area contributed by atoms with E-state index >= 15 is 0 Å². The van der Waals surface area contributed by atoms with Crippen LogP contribution < -0.4 is 0 Å². The molecule has 5 atom stereocenters. The first-order valence-electron chi connectivity index (χ1n) is 11.8. The largest absolute Gasteiger partial charge is 0.475 e. The van der Waals surface area contributed by atoms with Gasteiger partial charge in [0.25, 0.3) is 0 Å². The summed E-state index contributed by atoms with van der Waals surface area (Å²) in [4.78, 5) is 27.8. The fraction of sp³-hybridized carbons (Fsp3) is 0.864. The summed E-state index contributed by atoms with van der Waals surface area (Å²) in [6, 6.07) is 0. The van der Waals surface area contributed by atoms with Crippen LogP contribution in [-0.2, 0) is 46.7 Å². The number of unbranched alkanes of at least 4 members (excludes halogenated alkanes) is 2. The number of phosphoric acid groups is 1. The first-order valence-corrected chi connectivity index (χ1v) is 13.2. The van der Waals surface area contributed by atoms with Gasteiger partial charge in [0.2, 0.25) is 6.54 Å². The topological polar surface area (TPSA) is 120 Å². The van der Waals surface area contributed by atoms with Crippen LogP contribution in [0.3, 0.4) is 0 Å². The molecule has 12 heteroatoms. The highest BCUT2D eigenvalue weighted by Crippen LogP contribution is 2.50. The third kappa shape index (κ3) is 10.8. The number of carbonyl (C=O) groups is 2. The number of ether oxygens (including phenoxy) is 4. The van der Waals surface area contributed by atoms with E-state index in [2.05, 4.69) is 4.85 Å². The summed E-state index contributed by atoms with van der Waals surface area (Å²) < 4.78 is 51.2. The van der Waals surface area contributed by atoms with Crippen molar-refractivity contribution in [2.24, 2.45) is 0 Å². The van der Waals surface area contributed by atoms with Crippen molar-refractivity contribution in [1.29, 1.82) is 0 Å². The van der Waals surface area contributed by atoms with Crippen molar-refractivity contribution in [3.05, 3.63) is 11.4 Å². The Morgan fingerprint density at radius 1 is 0.912 bits per heavy atom. The molecule has 0 aromatic carbocycles. The number of carbonyl (C=O) groups excluding carboxylic acids is 2. The monoisotopic (exact) mass is 507 g/mol. The molecule has 1 saturated heterocycles. The number of nitrogens with zero attached hydrogens (tertiary/aromatic N) is 1. The minimum absolute atomic E-state index is 0.0119. The molecule has 1 heterocycles. The summed E-state index contributed by atoms with van der Waals surface area (Å²) in [6.07, 6.45) is -0.162. The van der Waals surface area contributed by atoms with Gasteiger partial charge in [0.15, 0.2) is 18.5 Å². The van der Waals surface area contributed by atoms with Crippen LogP contribution in [0.25, 0.3) is 4.85 Å². The molecule has 0 spiro atoms. The fourth-order valence-corrected chi connectivity index (χ4v) is 4.29. The summed E-state index contributed by atoms with van der Waals surface area (Å²) in [6.45, 7) is 12.2. The van der Waals surface area contributed by atoms with Gasteiger partial charge in [0.05, 0.1) is 13.2 Å². The van der Waals surface area contributed by atoms with Gasteiger partial charge in [-0.1, -0.05) is 33.6 Å². The Morgan fingerprint density at radius 2 is 1.50 bits per heavy atom. The average Bonchev–Trinajstić information content (AvgIpc) is 3.15. The highest BCUT2D eigenvalue weighted by atomic mass is 31.2. The molecule has 1 fully saturated rings. The Bertz CT molecular complexity index is 698. The predicted molar refractivity (Wildman–Crippen MR) is 122 cm³/mol. The number of esters is 2. The second-order valence-electron chi connectivity index (χ2n) is 7.69. The summed E-state index contributed by atoms with van der Waals surface area (Å²) >= 11 is 0. The lowest BCUT2D eigenvalue weighted by Crippen LogP contribution is -2.42. The number of methoxy groups -OCH3 is 1. The van der Waals surface area contributed by atoms with Gasteiger partial charge in [-0.15, -0.1) is 0 Å². The fourth-order valence-electron chi connectivity index (χ4n) is 3.02. The molecular formula is C22H38NO10P. The Balaban J connectivity index is 2.99. The standard InChI is InChI=1S/C22H38NO10P/c1-6-9-11-18(24)32-20-17(16-30-34(26,28-14-8-3)29-15-13-23-4)31-22(27-5)21(20)33-19(25)12-10-7-2/h17,20-22H,6-16H2,1-3,5H3. The SMILES string of the molecule is [C-]#[N+]CCOP(=O)(OCCC)OCC1OC(OC)C(OC(=O)CCCC)C1OC(=O)CCCC. The van der Waals surface area contributed by atoms with Crippen molar-refractivity contribution in [2.75, 3.05) is 33.5 Å². The predicted octanol–water partition coefficient (Wildman–Crippen LogP) is 4.05. The van der Waals surface area contributed by atoms with E-state index in [1.54, 1.807) is 0 Å². The highest BCUT2D eigenvalue weighted by molar-refractivity contribution is 7.48. The van der Waals surface area contributed by atoms with Gasteiger partial charge in [0.1, 0.15) is 12.7 Å². The van der Waals surface area contributed by atoms with E-state index in [0.29, 0.717) is 19.3 Å². The van der Waals surface area contributed by atoms with Crippen molar-refractivity contribution in [3.8, 4) is 0 Å². The number of rotatable bonds is 18. The van der Waals surface area contributed by atoms with E-state index in [-0.39, 0.29) is 39.2 Å². The summed E-state index contributed by atoms with van der Waals surface area (Å²) in [7, 11) is -2.62. The Hall–Kier alpha value is -1.54. The van der Waals surface area contributed by atoms with Crippen molar-refractivity contribution in [3.63, 3.8) is 0 Å². The van der Waals surface area contributed by atoms with E-state index in [4.69, 9.17) is 39.1 Å². The molecule has 11 nitrogen and oxygen atoms in total. The molecule has 0 saturated carbocycles. The molecular weight excluding hydrogens is 469 g/mol. The zero-order chi connectivity index (χ0) is 25.4. The first-order chi connectivity index (χ1) is 16.3. The normalized spacial score (nSPS) is 23.7. The van der Waals surface area contributed by atoms with Gasteiger partial charge < -0.3 is 23.8 Å². The van der Waals surface area contributed by atoms with E-state index < -0.39 is 44.4 Å². The molecule has 0 aliphatic carbocycles. The Morgan fingerprint density at radius 3 is 2.03 bits per heavy atom. The molecule has 1 rings (SSSR count). The molecule has 5 unspecified atom stereocenters. The zero-order valence-electron chi connectivity index (χ0n) is 20.6. The van der Waals surface area contributed by atoms with E-state index in [1.165, 1.54) is 7.11 Å². The maximum absolute atomic E-state index is 13.0. The molecule has 196 valence electrons. The van der Waals surface area contributed by atoms with Crippen LogP contribution in [0.4, 0.5) is 0 Å². The van der Waals surface area contributed by atoms with Crippen LogP contribution in [0, 0.1) is 6.57 Å². The molecule has 34 heavy (non-hydrogen) atoms. The second kappa shape index (κ2) is 17.0. The van der Waals surface area contributed by atoms with Crippen LogP contribution >= 0.6 is 7.82 Å². The number of phosphoric ester groups is 1. The summed E-state index contributed by atoms with van der Waals surface area (Å²) in [5.74, 6) is -0.946. The molecule has 0 N–H and O–H groups in total. The van der Waals surface area contributed by atoms with Crippen LogP contribution in [-0.4, -0.2) is 70.0 Å². The van der Waals surface area contributed by atoms with E-state index in [0.717, 1.165) is 12.8 Å². The second-order valence-corrected chi connectivity index (χ2v) is 9.35. The minimum atomic E-state index is -4.00. The molecule has 0 amide bonds. The number of hydrogen-bond acceptors (Lipinski definition) is 10. The first kappa shape index (κ1) is 30.5. The van der Waals surface area contributed by atoms with Gasteiger partial charge in [-0.25, -0.2) is 11.1 Å². The van der Waals surface area contributed by atoms with Gasteiger partial charge in [-0.3, -0.25) is 23.2 Å². The van der Waals surface area contributed by atoms with Crippen LogP contribution in [0.15, 0.2) is 0 Å². The van der Waals surface area contributed by atoms with E-state index in [1.807, 2.05) is 20.8 Å². The average molecular weight is 508 g/mol. The zero-order valence-corrected chi connectivity index (χ0v) is 21.5. The molecule has 1 aliphatic rings. The maximum Gasteiger partial charge on any atom is 0.475 e. The highest BCUT2D eigenvalue weighted by Gasteiger charge is 2.51. The van der Waals surface area contributed by atoms with Crippen molar-refractivity contribution in [2.45, 2.75) is 90.3 Å². The van der Waals surface area contributed by atoms with Gasteiger partial charge in [-0.05, 0) is 19.3 Å². The lowest BCUT2D eigenvalue weighted by Gasteiger charge is -2.24. The van der Waals surface area contributed by atoms with Gasteiger partial charge >= 0.3 is 19.8 Å². The number of hydrogen-bond donors (Lipinski definition) is 0. The molecule has 0 aromatic rings. The third-order valence-corrected chi connectivity index (χ3v) is 6.27. The summed E-state index contributed by atoms with van der Waals surface area (Å²) in [5, 5.41) is 0. The molecule has 1 aliphatic heterocycles. The van der Waals surface area contributed by atoms with Crippen molar-refractivity contribution in [1.82, 2.24) is 0 Å². The smallest absolute Gasteiger partial charge is 0.455 e. The van der Waals surface area contributed by atoms with Crippen LogP contribution in [0.1, 0.15) is 65.7 Å². The molecule has 0 aromatic heterocycles. The molecule has 0 bridgehead atoms. The van der Waals surface area contributed by atoms with Crippen LogP contribution in [0.2, 0.25) is 0 Å². The van der Waals surface area contributed by atoms with Gasteiger partial charge in [-0.2, -0.15) is 0 Å². The third-order valence-electron chi connectivity index (χ3n) is 4.81. The van der Waals surface area contributed by atoms with Crippen LogP contribution in [0.5, 0.6) is 0 Å². The lowest BCUT2D eigenvalue weighted by atomic mass is 10.1. The quantitative estimate of drug-likeness (QED) is 0.116.